The van der Waals surface area contributed by atoms with Gasteiger partial charge in [0.25, 0.3) is 0 Å². The summed E-state index contributed by atoms with van der Waals surface area (Å²) in [7, 11) is 0. The van der Waals surface area contributed by atoms with Crippen molar-refractivity contribution in [3.05, 3.63) is 65.0 Å². The highest BCUT2D eigenvalue weighted by Crippen LogP contribution is 2.22. The van der Waals surface area contributed by atoms with Crippen LogP contribution in [0.1, 0.15) is 11.1 Å². The molecule has 0 aliphatic heterocycles. The zero-order chi connectivity index (χ0) is 13.8. The molecular formula is C14H8F3NO. The first-order valence-electron chi connectivity index (χ1n) is 5.37. The molecule has 19 heavy (non-hydrogen) atoms. The first kappa shape index (κ1) is 13.0. The third-order valence-electron chi connectivity index (χ3n) is 2.48. The maximum Gasteiger partial charge on any atom is 0.191 e. The SMILES string of the molecule is N#Cc1ccc(F)cc1COc1c(F)cccc1F. The number of hydrogen-bond acceptors (Lipinski definition) is 2. The summed E-state index contributed by atoms with van der Waals surface area (Å²) in [6.07, 6.45) is 0. The number of benzene rings is 2. The van der Waals surface area contributed by atoms with Crippen LogP contribution in [0.4, 0.5) is 13.2 Å². The van der Waals surface area contributed by atoms with E-state index in [1.54, 1.807) is 0 Å². The van der Waals surface area contributed by atoms with Gasteiger partial charge in [0.2, 0.25) is 0 Å². The van der Waals surface area contributed by atoms with Gasteiger partial charge in [-0.15, -0.1) is 0 Å². The van der Waals surface area contributed by atoms with Crippen LogP contribution in [0.2, 0.25) is 0 Å². The van der Waals surface area contributed by atoms with Gasteiger partial charge in [-0.05, 0) is 30.3 Å². The van der Waals surface area contributed by atoms with Crippen LogP contribution in [0.15, 0.2) is 36.4 Å². The highest BCUT2D eigenvalue weighted by atomic mass is 19.1. The van der Waals surface area contributed by atoms with E-state index in [1.165, 1.54) is 12.1 Å². The van der Waals surface area contributed by atoms with Gasteiger partial charge >= 0.3 is 0 Å². The lowest BCUT2D eigenvalue weighted by Crippen LogP contribution is -2.02. The molecule has 2 nitrogen and oxygen atoms in total. The molecule has 0 bridgehead atoms. The van der Waals surface area contributed by atoms with Crippen molar-refractivity contribution in [2.24, 2.45) is 0 Å². The van der Waals surface area contributed by atoms with Crippen molar-refractivity contribution in [1.29, 1.82) is 5.26 Å². The number of hydrogen-bond donors (Lipinski definition) is 0. The Labute approximate surface area is 107 Å². The Bertz CT molecular complexity index is 629. The van der Waals surface area contributed by atoms with Crippen LogP contribution in [0.25, 0.3) is 0 Å². The lowest BCUT2D eigenvalue weighted by Gasteiger charge is -2.09. The maximum absolute atomic E-state index is 13.3. The summed E-state index contributed by atoms with van der Waals surface area (Å²) in [5, 5.41) is 8.84. The third kappa shape index (κ3) is 2.86. The van der Waals surface area contributed by atoms with E-state index in [0.717, 1.165) is 24.3 Å². The van der Waals surface area contributed by atoms with Crippen LogP contribution in [0, 0.1) is 28.8 Å². The van der Waals surface area contributed by atoms with Crippen molar-refractivity contribution < 1.29 is 17.9 Å². The topological polar surface area (TPSA) is 33.0 Å². The lowest BCUT2D eigenvalue weighted by molar-refractivity contribution is 0.273. The van der Waals surface area contributed by atoms with Crippen LogP contribution in [-0.4, -0.2) is 0 Å². The van der Waals surface area contributed by atoms with Gasteiger partial charge in [-0.2, -0.15) is 5.26 Å². The van der Waals surface area contributed by atoms with Crippen LogP contribution >= 0.6 is 0 Å². The lowest BCUT2D eigenvalue weighted by atomic mass is 10.1. The molecule has 0 N–H and O–H groups in total. The fourth-order valence-electron chi connectivity index (χ4n) is 1.56. The molecule has 0 spiro atoms. The Kier molecular flexibility index (Phi) is 3.71. The first-order valence-corrected chi connectivity index (χ1v) is 5.37. The normalized spacial score (nSPS) is 10.0. The summed E-state index contributed by atoms with van der Waals surface area (Å²) in [5.74, 6) is -2.80. The van der Waals surface area contributed by atoms with Crippen molar-refractivity contribution in [3.8, 4) is 11.8 Å². The summed E-state index contributed by atoms with van der Waals surface area (Å²) in [4.78, 5) is 0. The Morgan fingerprint density at radius 1 is 1.05 bits per heavy atom. The number of nitrogens with zero attached hydrogens (tertiary/aromatic N) is 1. The van der Waals surface area contributed by atoms with Crippen molar-refractivity contribution in [2.75, 3.05) is 0 Å². The summed E-state index contributed by atoms with van der Waals surface area (Å²) in [6, 6.07) is 8.67. The zero-order valence-corrected chi connectivity index (χ0v) is 9.66. The fourth-order valence-corrected chi connectivity index (χ4v) is 1.56. The average molecular weight is 263 g/mol. The Morgan fingerprint density at radius 2 is 1.74 bits per heavy atom. The Hall–Kier alpha value is -2.48. The zero-order valence-electron chi connectivity index (χ0n) is 9.66. The minimum absolute atomic E-state index is 0.193. The van der Waals surface area contributed by atoms with Gasteiger partial charge in [0, 0.05) is 5.56 Å². The molecule has 0 radical (unpaired) electrons. The Morgan fingerprint density at radius 3 is 2.37 bits per heavy atom. The van der Waals surface area contributed by atoms with Crippen LogP contribution < -0.4 is 4.74 Å². The van der Waals surface area contributed by atoms with E-state index < -0.39 is 23.2 Å². The third-order valence-corrected chi connectivity index (χ3v) is 2.48. The van der Waals surface area contributed by atoms with E-state index in [2.05, 4.69) is 0 Å². The number of nitriles is 1. The molecule has 5 heteroatoms. The predicted molar refractivity (Wildman–Crippen MR) is 61.8 cm³/mol. The monoisotopic (exact) mass is 263 g/mol. The van der Waals surface area contributed by atoms with Crippen molar-refractivity contribution in [3.63, 3.8) is 0 Å². The average Bonchev–Trinajstić information content (AvgIpc) is 2.38. The molecule has 2 rings (SSSR count). The van der Waals surface area contributed by atoms with Gasteiger partial charge in [0.05, 0.1) is 11.6 Å². The van der Waals surface area contributed by atoms with Crippen molar-refractivity contribution >= 4 is 0 Å². The molecular weight excluding hydrogens is 255 g/mol. The maximum atomic E-state index is 13.3. The summed E-state index contributed by atoms with van der Waals surface area (Å²) < 4.78 is 44.7. The van der Waals surface area contributed by atoms with Crippen molar-refractivity contribution in [1.82, 2.24) is 0 Å². The largest absolute Gasteiger partial charge is 0.483 e. The van der Waals surface area contributed by atoms with E-state index in [-0.39, 0.29) is 17.7 Å². The van der Waals surface area contributed by atoms with Gasteiger partial charge in [0.15, 0.2) is 17.4 Å². The molecule has 0 amide bonds. The highest BCUT2D eigenvalue weighted by Gasteiger charge is 2.11. The molecule has 2 aromatic rings. The molecule has 0 saturated carbocycles. The second-order valence-corrected chi connectivity index (χ2v) is 3.75. The second-order valence-electron chi connectivity index (χ2n) is 3.75. The van der Waals surface area contributed by atoms with Crippen LogP contribution in [-0.2, 0) is 6.61 Å². The number of rotatable bonds is 3. The quantitative estimate of drug-likeness (QED) is 0.848. The van der Waals surface area contributed by atoms with Crippen LogP contribution in [0.5, 0.6) is 5.75 Å². The van der Waals surface area contributed by atoms with Crippen molar-refractivity contribution in [2.45, 2.75) is 6.61 Å². The van der Waals surface area contributed by atoms with Gasteiger partial charge < -0.3 is 4.74 Å². The fraction of sp³-hybridized carbons (Fsp3) is 0.0714. The summed E-state index contributed by atoms with van der Waals surface area (Å²) in [5.41, 5.74) is 0.420. The molecule has 0 atom stereocenters. The molecule has 0 aliphatic rings. The molecule has 0 aliphatic carbocycles. The van der Waals surface area contributed by atoms with Gasteiger partial charge in [-0.3, -0.25) is 0 Å². The molecule has 2 aromatic carbocycles. The highest BCUT2D eigenvalue weighted by molar-refractivity contribution is 5.38. The van der Waals surface area contributed by atoms with Gasteiger partial charge in [0.1, 0.15) is 12.4 Å². The van der Waals surface area contributed by atoms with Gasteiger partial charge in [-0.1, -0.05) is 6.07 Å². The van der Waals surface area contributed by atoms with E-state index in [9.17, 15) is 13.2 Å². The first-order chi connectivity index (χ1) is 9.11. The predicted octanol–water partition coefficient (Wildman–Crippen LogP) is 3.55. The number of para-hydroxylation sites is 1. The standard InChI is InChI=1S/C14H8F3NO/c15-11-5-4-9(7-18)10(6-11)8-19-14-12(16)2-1-3-13(14)17/h1-6H,8H2. The van der Waals surface area contributed by atoms with E-state index in [0.29, 0.717) is 0 Å². The molecule has 0 aromatic heterocycles. The molecule has 0 fully saturated rings. The smallest absolute Gasteiger partial charge is 0.191 e. The summed E-state index contributed by atoms with van der Waals surface area (Å²) in [6.45, 7) is -0.293. The molecule has 0 heterocycles. The minimum Gasteiger partial charge on any atom is -0.483 e. The summed E-state index contributed by atoms with van der Waals surface area (Å²) >= 11 is 0. The minimum atomic E-state index is -0.852. The van der Waals surface area contributed by atoms with Gasteiger partial charge in [-0.25, -0.2) is 13.2 Å². The molecule has 0 unspecified atom stereocenters. The molecule has 0 saturated heterocycles. The van der Waals surface area contributed by atoms with E-state index in [1.807, 2.05) is 6.07 Å². The second kappa shape index (κ2) is 5.44. The molecule has 96 valence electrons. The van der Waals surface area contributed by atoms with Crippen LogP contribution in [0.3, 0.4) is 0 Å². The van der Waals surface area contributed by atoms with E-state index >= 15 is 0 Å². The number of halogens is 3. The van der Waals surface area contributed by atoms with E-state index in [4.69, 9.17) is 10.00 Å². The Balaban J connectivity index is 2.24. The number of ether oxygens (including phenoxy) is 1.